The molecule has 0 saturated heterocycles. The molecule has 118 valence electrons. The van der Waals surface area contributed by atoms with Crippen molar-refractivity contribution in [1.82, 2.24) is 15.2 Å². The summed E-state index contributed by atoms with van der Waals surface area (Å²) in [6, 6.07) is 1.19. The molecule has 21 heavy (non-hydrogen) atoms. The quantitative estimate of drug-likeness (QED) is 0.711. The van der Waals surface area contributed by atoms with Crippen molar-refractivity contribution >= 4 is 11.7 Å². The molecule has 0 radical (unpaired) electrons. The lowest BCUT2D eigenvalue weighted by Gasteiger charge is -2.16. The largest absolute Gasteiger partial charge is 0.383 e. The summed E-state index contributed by atoms with van der Waals surface area (Å²) in [4.78, 5) is 18.0. The zero-order valence-electron chi connectivity index (χ0n) is 12.8. The van der Waals surface area contributed by atoms with Crippen LogP contribution < -0.4 is 10.6 Å². The van der Waals surface area contributed by atoms with Crippen LogP contribution in [-0.2, 0) is 4.74 Å². The number of amides is 1. The first-order valence-electron chi connectivity index (χ1n) is 6.93. The maximum absolute atomic E-state index is 13.2. The maximum Gasteiger partial charge on any atom is 0.255 e. The van der Waals surface area contributed by atoms with E-state index in [1.807, 2.05) is 18.9 Å². The van der Waals surface area contributed by atoms with Crippen molar-refractivity contribution in [3.8, 4) is 0 Å². The van der Waals surface area contributed by atoms with Crippen LogP contribution in [0.15, 0.2) is 12.3 Å². The number of nitrogens with one attached hydrogen (secondary N) is 2. The van der Waals surface area contributed by atoms with Crippen LogP contribution >= 0.6 is 0 Å². The molecule has 0 aliphatic heterocycles. The van der Waals surface area contributed by atoms with Gasteiger partial charge in [-0.2, -0.15) is 0 Å². The van der Waals surface area contributed by atoms with Gasteiger partial charge < -0.3 is 20.3 Å². The van der Waals surface area contributed by atoms with E-state index in [4.69, 9.17) is 4.74 Å². The summed E-state index contributed by atoms with van der Waals surface area (Å²) in [5, 5.41) is 5.71. The summed E-state index contributed by atoms with van der Waals surface area (Å²) in [5.41, 5.74) is 0.219. The Morgan fingerprint density at radius 3 is 2.90 bits per heavy atom. The molecule has 1 aromatic rings. The lowest BCUT2D eigenvalue weighted by Crippen LogP contribution is -2.34. The number of ether oxygens (including phenoxy) is 1. The first-order valence-corrected chi connectivity index (χ1v) is 6.93. The van der Waals surface area contributed by atoms with Gasteiger partial charge in [0.25, 0.3) is 5.91 Å². The molecule has 0 aliphatic rings. The van der Waals surface area contributed by atoms with E-state index in [9.17, 15) is 9.18 Å². The topological polar surface area (TPSA) is 66.5 Å². The van der Waals surface area contributed by atoms with Gasteiger partial charge in [-0.25, -0.2) is 9.37 Å². The molecule has 0 aliphatic carbocycles. The number of hydrogen-bond acceptors (Lipinski definition) is 5. The van der Waals surface area contributed by atoms with Crippen LogP contribution in [0.4, 0.5) is 10.2 Å². The third kappa shape index (κ3) is 6.05. The number of methoxy groups -OCH3 is 1. The minimum Gasteiger partial charge on any atom is -0.383 e. The summed E-state index contributed by atoms with van der Waals surface area (Å²) >= 11 is 0. The third-order valence-electron chi connectivity index (χ3n) is 2.90. The van der Waals surface area contributed by atoms with Gasteiger partial charge in [0.2, 0.25) is 0 Å². The molecule has 0 spiro atoms. The number of carbonyl (C=O) groups excluding carboxylic acids is 1. The Hall–Kier alpha value is -1.73. The lowest BCUT2D eigenvalue weighted by molar-refractivity contribution is 0.0947. The second kappa shape index (κ2) is 9.25. The number of aromatic nitrogens is 1. The maximum atomic E-state index is 13.2. The standard InChI is InChI=1S/C14H23FN4O2/c1-4-16-13-12(9-11(15)10-18-13)14(20)17-5-6-19(2)7-8-21-3/h9-10H,4-8H2,1-3H3,(H,16,18)(H,17,20). The van der Waals surface area contributed by atoms with Crippen LogP contribution in [0, 0.1) is 5.82 Å². The first-order chi connectivity index (χ1) is 10.1. The van der Waals surface area contributed by atoms with E-state index < -0.39 is 5.82 Å². The van der Waals surface area contributed by atoms with Crippen molar-refractivity contribution in [2.24, 2.45) is 0 Å². The molecular formula is C14H23FN4O2. The number of anilines is 1. The molecule has 0 saturated carbocycles. The summed E-state index contributed by atoms with van der Waals surface area (Å²) in [6.07, 6.45) is 1.09. The van der Waals surface area contributed by atoms with Crippen molar-refractivity contribution < 1.29 is 13.9 Å². The Morgan fingerprint density at radius 2 is 2.24 bits per heavy atom. The monoisotopic (exact) mass is 298 g/mol. The lowest BCUT2D eigenvalue weighted by atomic mass is 10.2. The Balaban J connectivity index is 2.53. The van der Waals surface area contributed by atoms with Gasteiger partial charge in [0.15, 0.2) is 0 Å². The van der Waals surface area contributed by atoms with E-state index in [-0.39, 0.29) is 11.5 Å². The number of halogens is 1. The van der Waals surface area contributed by atoms with Gasteiger partial charge in [0.1, 0.15) is 11.6 Å². The summed E-state index contributed by atoms with van der Waals surface area (Å²) < 4.78 is 18.2. The third-order valence-corrected chi connectivity index (χ3v) is 2.90. The van der Waals surface area contributed by atoms with Gasteiger partial charge in [0.05, 0.1) is 18.4 Å². The van der Waals surface area contributed by atoms with Crippen LogP contribution in [0.2, 0.25) is 0 Å². The van der Waals surface area contributed by atoms with Crippen molar-refractivity contribution in [2.45, 2.75) is 6.92 Å². The number of nitrogens with zero attached hydrogens (tertiary/aromatic N) is 2. The van der Waals surface area contributed by atoms with E-state index in [2.05, 4.69) is 15.6 Å². The van der Waals surface area contributed by atoms with Gasteiger partial charge in [-0.05, 0) is 20.0 Å². The van der Waals surface area contributed by atoms with E-state index >= 15 is 0 Å². The summed E-state index contributed by atoms with van der Waals surface area (Å²) in [7, 11) is 3.59. The highest BCUT2D eigenvalue weighted by atomic mass is 19.1. The van der Waals surface area contributed by atoms with Gasteiger partial charge in [-0.15, -0.1) is 0 Å². The summed E-state index contributed by atoms with van der Waals surface area (Å²) in [6.45, 7) is 5.09. The Kier molecular flexibility index (Phi) is 7.63. The Bertz CT molecular complexity index is 457. The summed E-state index contributed by atoms with van der Waals surface area (Å²) in [5.74, 6) is -0.471. The van der Waals surface area contributed by atoms with Gasteiger partial charge in [-0.3, -0.25) is 4.79 Å². The number of carbonyl (C=O) groups is 1. The van der Waals surface area contributed by atoms with Crippen LogP contribution in [0.5, 0.6) is 0 Å². The van der Waals surface area contributed by atoms with Crippen LogP contribution in [0.1, 0.15) is 17.3 Å². The van der Waals surface area contributed by atoms with E-state index in [1.54, 1.807) is 7.11 Å². The normalized spacial score (nSPS) is 10.7. The second-order valence-electron chi connectivity index (χ2n) is 4.63. The van der Waals surface area contributed by atoms with Gasteiger partial charge in [0, 0.05) is 33.3 Å². The van der Waals surface area contributed by atoms with Crippen molar-refractivity contribution in [2.75, 3.05) is 52.3 Å². The van der Waals surface area contributed by atoms with E-state index in [0.29, 0.717) is 32.1 Å². The van der Waals surface area contributed by atoms with Crippen LogP contribution in [-0.4, -0.2) is 62.7 Å². The Labute approximate surface area is 124 Å². The molecule has 0 unspecified atom stereocenters. The minimum absolute atomic E-state index is 0.219. The zero-order chi connectivity index (χ0) is 15.7. The van der Waals surface area contributed by atoms with Crippen molar-refractivity contribution in [3.63, 3.8) is 0 Å². The highest BCUT2D eigenvalue weighted by Crippen LogP contribution is 2.13. The first kappa shape index (κ1) is 17.3. The fourth-order valence-corrected chi connectivity index (χ4v) is 1.74. The average Bonchev–Trinajstić information content (AvgIpc) is 2.47. The average molecular weight is 298 g/mol. The van der Waals surface area contributed by atoms with Gasteiger partial charge >= 0.3 is 0 Å². The molecular weight excluding hydrogens is 275 g/mol. The molecule has 1 heterocycles. The molecule has 1 amide bonds. The van der Waals surface area contributed by atoms with Crippen molar-refractivity contribution in [3.05, 3.63) is 23.6 Å². The number of likely N-dealkylation sites (N-methyl/N-ethyl adjacent to an activating group) is 1. The molecule has 0 fully saturated rings. The molecule has 2 N–H and O–H groups in total. The van der Waals surface area contributed by atoms with E-state index in [1.165, 1.54) is 6.07 Å². The smallest absolute Gasteiger partial charge is 0.255 e. The van der Waals surface area contributed by atoms with Crippen molar-refractivity contribution in [1.29, 1.82) is 0 Å². The fourth-order valence-electron chi connectivity index (χ4n) is 1.74. The molecule has 0 atom stereocenters. The molecule has 1 aromatic heterocycles. The van der Waals surface area contributed by atoms with Gasteiger partial charge in [-0.1, -0.05) is 0 Å². The highest BCUT2D eigenvalue weighted by molar-refractivity contribution is 5.98. The second-order valence-corrected chi connectivity index (χ2v) is 4.63. The fraction of sp³-hybridized carbons (Fsp3) is 0.571. The molecule has 7 heteroatoms. The Morgan fingerprint density at radius 1 is 1.48 bits per heavy atom. The number of rotatable bonds is 9. The minimum atomic E-state index is -0.529. The zero-order valence-corrected chi connectivity index (χ0v) is 12.8. The molecule has 1 rings (SSSR count). The van der Waals surface area contributed by atoms with Crippen LogP contribution in [0.3, 0.4) is 0 Å². The van der Waals surface area contributed by atoms with E-state index in [0.717, 1.165) is 12.7 Å². The number of hydrogen-bond donors (Lipinski definition) is 2. The highest BCUT2D eigenvalue weighted by Gasteiger charge is 2.13. The van der Waals surface area contributed by atoms with Crippen LogP contribution in [0.25, 0.3) is 0 Å². The SMILES string of the molecule is CCNc1ncc(F)cc1C(=O)NCCN(C)CCOC. The molecule has 0 aromatic carbocycles. The molecule has 0 bridgehead atoms. The predicted molar refractivity (Wildman–Crippen MR) is 80.1 cm³/mol. The number of pyridine rings is 1. The predicted octanol–water partition coefficient (Wildman–Crippen LogP) is 0.960. The molecule has 6 nitrogen and oxygen atoms in total.